The van der Waals surface area contributed by atoms with Gasteiger partial charge >= 0.3 is 5.97 Å². The molecule has 0 aromatic carbocycles. The Kier molecular flexibility index (Phi) is 6.17. The average molecular weight is 202 g/mol. The summed E-state index contributed by atoms with van der Waals surface area (Å²) in [5.41, 5.74) is -0.444. The molecule has 0 aliphatic heterocycles. The van der Waals surface area contributed by atoms with Crippen LogP contribution in [0.15, 0.2) is 12.2 Å². The van der Waals surface area contributed by atoms with Gasteiger partial charge in [-0.05, 0) is 40.0 Å². The van der Waals surface area contributed by atoms with Gasteiger partial charge in [0.05, 0.1) is 6.67 Å². The summed E-state index contributed by atoms with van der Waals surface area (Å²) in [6.45, 7) is 5.17. The van der Waals surface area contributed by atoms with Gasteiger partial charge in [0.25, 0.3) is 0 Å². The number of ether oxygens (including phenoxy) is 1. The third-order valence-corrected chi connectivity index (χ3v) is 1.42. The van der Waals surface area contributed by atoms with E-state index in [4.69, 9.17) is 4.74 Å². The molecule has 0 N–H and O–H groups in total. The summed E-state index contributed by atoms with van der Waals surface area (Å²) < 4.78 is 16.7. The van der Waals surface area contributed by atoms with Gasteiger partial charge in [-0.15, -0.1) is 0 Å². The SMILES string of the molecule is CC(C)(C)OC(=O)/C=C/CCCCF. The number of alkyl halides is 1. The zero-order valence-corrected chi connectivity index (χ0v) is 9.18. The Balaban J connectivity index is 3.61. The third kappa shape index (κ3) is 9.23. The largest absolute Gasteiger partial charge is 0.457 e. The smallest absolute Gasteiger partial charge is 0.330 e. The van der Waals surface area contributed by atoms with Crippen LogP contribution >= 0.6 is 0 Å². The monoisotopic (exact) mass is 202 g/mol. The second-order valence-corrected chi connectivity index (χ2v) is 4.12. The highest BCUT2D eigenvalue weighted by Crippen LogP contribution is 2.07. The molecule has 2 nitrogen and oxygen atoms in total. The minimum atomic E-state index is -0.444. The normalized spacial score (nSPS) is 12.0. The quantitative estimate of drug-likeness (QED) is 0.389. The van der Waals surface area contributed by atoms with Crippen LogP contribution in [0.25, 0.3) is 0 Å². The molecule has 0 amide bonds. The first-order chi connectivity index (χ1) is 6.45. The molecule has 0 saturated heterocycles. The summed E-state index contributed by atoms with van der Waals surface area (Å²) in [5.74, 6) is -0.335. The van der Waals surface area contributed by atoms with E-state index in [1.54, 1.807) is 6.08 Å². The van der Waals surface area contributed by atoms with E-state index in [0.29, 0.717) is 6.42 Å². The Labute approximate surface area is 85.1 Å². The van der Waals surface area contributed by atoms with E-state index in [2.05, 4.69) is 0 Å². The van der Waals surface area contributed by atoms with Gasteiger partial charge in [-0.2, -0.15) is 0 Å². The van der Waals surface area contributed by atoms with Gasteiger partial charge < -0.3 is 4.74 Å². The molecule has 0 aromatic rings. The predicted molar refractivity (Wildman–Crippen MR) is 54.8 cm³/mol. The van der Waals surface area contributed by atoms with Gasteiger partial charge in [-0.25, -0.2) is 4.79 Å². The maximum absolute atomic E-state index is 11.7. The summed E-state index contributed by atoms with van der Waals surface area (Å²) in [6, 6.07) is 0. The molecule has 0 fully saturated rings. The van der Waals surface area contributed by atoms with Crippen molar-refractivity contribution in [2.75, 3.05) is 6.67 Å². The molecular formula is C11H19FO2. The molecule has 0 heterocycles. The number of halogens is 1. The van der Waals surface area contributed by atoms with Crippen LogP contribution in [0.1, 0.15) is 40.0 Å². The van der Waals surface area contributed by atoms with Crippen LogP contribution in [-0.2, 0) is 9.53 Å². The van der Waals surface area contributed by atoms with E-state index in [0.717, 1.165) is 12.8 Å². The molecule has 0 aromatic heterocycles. The van der Waals surface area contributed by atoms with Gasteiger partial charge in [-0.3, -0.25) is 4.39 Å². The standard InChI is InChI=1S/C11H19FO2/c1-11(2,3)14-10(13)8-6-4-5-7-9-12/h6,8H,4-5,7,9H2,1-3H3/b8-6+. The molecule has 0 radical (unpaired) electrons. The van der Waals surface area contributed by atoms with Crippen molar-refractivity contribution in [3.8, 4) is 0 Å². The van der Waals surface area contributed by atoms with E-state index < -0.39 is 5.60 Å². The fourth-order valence-electron chi connectivity index (χ4n) is 0.872. The number of rotatable bonds is 5. The maximum Gasteiger partial charge on any atom is 0.330 e. The Bertz CT molecular complexity index is 192. The molecule has 82 valence electrons. The lowest BCUT2D eigenvalue weighted by molar-refractivity contribution is -0.148. The molecule has 14 heavy (non-hydrogen) atoms. The fourth-order valence-corrected chi connectivity index (χ4v) is 0.872. The van der Waals surface area contributed by atoms with E-state index >= 15 is 0 Å². The van der Waals surface area contributed by atoms with Crippen LogP contribution in [-0.4, -0.2) is 18.2 Å². The molecule has 0 rings (SSSR count). The van der Waals surface area contributed by atoms with Crippen LogP contribution in [0.4, 0.5) is 4.39 Å². The van der Waals surface area contributed by atoms with Crippen LogP contribution in [0.2, 0.25) is 0 Å². The first kappa shape index (κ1) is 13.1. The Morgan fingerprint density at radius 3 is 2.50 bits per heavy atom. The van der Waals surface area contributed by atoms with E-state index in [1.165, 1.54) is 6.08 Å². The van der Waals surface area contributed by atoms with Crippen molar-refractivity contribution in [1.29, 1.82) is 0 Å². The van der Waals surface area contributed by atoms with E-state index in [1.807, 2.05) is 20.8 Å². The number of hydrogen-bond donors (Lipinski definition) is 0. The van der Waals surface area contributed by atoms with Crippen LogP contribution in [0.5, 0.6) is 0 Å². The van der Waals surface area contributed by atoms with E-state index in [9.17, 15) is 9.18 Å². The minimum absolute atomic E-state index is 0.291. The second-order valence-electron chi connectivity index (χ2n) is 4.12. The Morgan fingerprint density at radius 1 is 1.36 bits per heavy atom. The van der Waals surface area contributed by atoms with Crippen molar-refractivity contribution in [1.82, 2.24) is 0 Å². The first-order valence-electron chi connectivity index (χ1n) is 4.91. The zero-order valence-electron chi connectivity index (χ0n) is 9.18. The first-order valence-corrected chi connectivity index (χ1v) is 4.91. The molecule has 3 heteroatoms. The number of unbranched alkanes of at least 4 members (excludes halogenated alkanes) is 2. The number of esters is 1. The highest BCUT2D eigenvalue weighted by atomic mass is 19.1. The van der Waals surface area contributed by atoms with Gasteiger partial charge in [-0.1, -0.05) is 6.08 Å². The molecule has 0 aliphatic rings. The van der Waals surface area contributed by atoms with Crippen molar-refractivity contribution < 1.29 is 13.9 Å². The molecule has 0 unspecified atom stereocenters. The lowest BCUT2D eigenvalue weighted by atomic mass is 10.2. The highest BCUT2D eigenvalue weighted by Gasteiger charge is 2.13. The third-order valence-electron chi connectivity index (χ3n) is 1.42. The zero-order chi connectivity index (χ0) is 11.0. The summed E-state index contributed by atoms with van der Waals surface area (Å²) in [5, 5.41) is 0. The average Bonchev–Trinajstić information content (AvgIpc) is 2.00. The van der Waals surface area contributed by atoms with Crippen LogP contribution in [0, 0.1) is 0 Å². The van der Waals surface area contributed by atoms with Crippen molar-refractivity contribution in [2.45, 2.75) is 45.6 Å². The number of allylic oxidation sites excluding steroid dienone is 1. The summed E-state index contributed by atoms with van der Waals surface area (Å²) >= 11 is 0. The van der Waals surface area contributed by atoms with Crippen LogP contribution in [0.3, 0.4) is 0 Å². The summed E-state index contributed by atoms with van der Waals surface area (Å²) in [7, 11) is 0. The predicted octanol–water partition coefficient (Wildman–Crippen LogP) is 3.02. The number of carbonyl (C=O) groups excluding carboxylic acids is 1. The summed E-state index contributed by atoms with van der Waals surface area (Å²) in [4.78, 5) is 11.1. The highest BCUT2D eigenvalue weighted by molar-refractivity contribution is 5.82. The van der Waals surface area contributed by atoms with Crippen molar-refractivity contribution in [3.05, 3.63) is 12.2 Å². The van der Waals surface area contributed by atoms with Crippen molar-refractivity contribution in [2.24, 2.45) is 0 Å². The lowest BCUT2D eigenvalue weighted by Crippen LogP contribution is -2.22. The summed E-state index contributed by atoms with van der Waals surface area (Å²) in [6.07, 6.45) is 5.19. The topological polar surface area (TPSA) is 26.3 Å². The van der Waals surface area contributed by atoms with Crippen LogP contribution < -0.4 is 0 Å². The maximum atomic E-state index is 11.7. The van der Waals surface area contributed by atoms with Gasteiger partial charge in [0.15, 0.2) is 0 Å². The van der Waals surface area contributed by atoms with Crippen molar-refractivity contribution in [3.63, 3.8) is 0 Å². The molecule has 0 aliphatic carbocycles. The molecular weight excluding hydrogens is 183 g/mol. The Morgan fingerprint density at radius 2 is 2.00 bits per heavy atom. The fraction of sp³-hybridized carbons (Fsp3) is 0.727. The molecule has 0 saturated carbocycles. The van der Waals surface area contributed by atoms with Gasteiger partial charge in [0, 0.05) is 6.08 Å². The number of carbonyl (C=O) groups is 1. The molecule has 0 spiro atoms. The number of hydrogen-bond acceptors (Lipinski definition) is 2. The second kappa shape index (κ2) is 6.57. The van der Waals surface area contributed by atoms with Crippen molar-refractivity contribution >= 4 is 5.97 Å². The lowest BCUT2D eigenvalue weighted by Gasteiger charge is -2.17. The minimum Gasteiger partial charge on any atom is -0.457 e. The molecule has 0 atom stereocenters. The van der Waals surface area contributed by atoms with Gasteiger partial charge in [0.1, 0.15) is 5.60 Å². The Hall–Kier alpha value is -0.860. The molecule has 0 bridgehead atoms. The van der Waals surface area contributed by atoms with Gasteiger partial charge in [0.2, 0.25) is 0 Å². The van der Waals surface area contributed by atoms with E-state index in [-0.39, 0.29) is 12.6 Å².